The van der Waals surface area contributed by atoms with Crippen molar-refractivity contribution in [3.63, 3.8) is 0 Å². The van der Waals surface area contributed by atoms with Crippen LogP contribution in [0.2, 0.25) is 0 Å². The molecule has 26 heavy (non-hydrogen) atoms. The fraction of sp³-hybridized carbons (Fsp3) is 0.941. The predicted molar refractivity (Wildman–Crippen MR) is 99.3 cm³/mol. The fourth-order valence-corrected chi connectivity index (χ4v) is 5.88. The topological polar surface area (TPSA) is 82.2 Å². The Kier molecular flexibility index (Phi) is 5.81. The minimum absolute atomic E-state index is 0.0779. The van der Waals surface area contributed by atoms with Gasteiger partial charge in [-0.1, -0.05) is 6.42 Å². The first-order chi connectivity index (χ1) is 12.2. The van der Waals surface area contributed by atoms with Gasteiger partial charge < -0.3 is 15.0 Å². The molecule has 150 valence electrons. The normalized spacial score (nSPS) is 27.2. The molecule has 3 rings (SSSR count). The monoisotopic (exact) mass is 388 g/mol. The molecule has 0 saturated carbocycles. The van der Waals surface area contributed by atoms with Gasteiger partial charge in [0.25, 0.3) is 0 Å². The first-order valence-corrected chi connectivity index (χ1v) is 11.1. The lowest BCUT2D eigenvalue weighted by molar-refractivity contribution is -0.0212. The average molecular weight is 389 g/mol. The number of nitrogens with zero attached hydrogens (tertiary/aromatic N) is 3. The van der Waals surface area contributed by atoms with Gasteiger partial charge in [-0.25, -0.2) is 17.5 Å². The predicted octanol–water partition coefficient (Wildman–Crippen LogP) is 0.653. The molecule has 1 amide bonds. The average Bonchev–Trinajstić information content (AvgIpc) is 2.53. The van der Waals surface area contributed by atoms with Crippen molar-refractivity contribution in [2.75, 3.05) is 45.8 Å². The van der Waals surface area contributed by atoms with E-state index >= 15 is 0 Å². The van der Waals surface area contributed by atoms with Crippen LogP contribution in [0.5, 0.6) is 0 Å². The fourth-order valence-electron chi connectivity index (χ4n) is 3.82. The smallest absolute Gasteiger partial charge is 0.410 e. The summed E-state index contributed by atoms with van der Waals surface area (Å²) in [5.41, 5.74) is -0.517. The van der Waals surface area contributed by atoms with Gasteiger partial charge in [0, 0.05) is 51.9 Å². The van der Waals surface area contributed by atoms with Crippen molar-refractivity contribution < 1.29 is 17.9 Å². The van der Waals surface area contributed by atoms with Gasteiger partial charge in [-0.15, -0.1) is 0 Å². The van der Waals surface area contributed by atoms with Crippen LogP contribution in [0.15, 0.2) is 0 Å². The van der Waals surface area contributed by atoms with Crippen LogP contribution in [-0.2, 0) is 14.8 Å². The van der Waals surface area contributed by atoms with Crippen LogP contribution in [-0.4, -0.2) is 91.4 Å². The van der Waals surface area contributed by atoms with Gasteiger partial charge in [0.1, 0.15) is 11.0 Å². The van der Waals surface area contributed by atoms with Crippen molar-refractivity contribution in [2.45, 2.75) is 57.1 Å². The molecule has 0 aromatic rings. The Morgan fingerprint density at radius 2 is 1.73 bits per heavy atom. The number of sulfonamides is 1. The molecule has 8 nitrogen and oxygen atoms in total. The van der Waals surface area contributed by atoms with Crippen molar-refractivity contribution >= 4 is 16.1 Å². The number of nitrogens with one attached hydrogen (secondary N) is 1. The third kappa shape index (κ3) is 4.32. The number of amides is 1. The number of hydrogen-bond acceptors (Lipinski definition) is 6. The molecule has 3 fully saturated rings. The van der Waals surface area contributed by atoms with Gasteiger partial charge >= 0.3 is 6.09 Å². The summed E-state index contributed by atoms with van der Waals surface area (Å²) in [5.74, 6) is 0. The number of piperidine rings is 1. The molecule has 1 unspecified atom stereocenters. The minimum atomic E-state index is -3.36. The maximum atomic E-state index is 13.1. The van der Waals surface area contributed by atoms with Crippen LogP contribution in [0.3, 0.4) is 0 Å². The molecule has 3 saturated heterocycles. The number of hydrogen-bond donors (Lipinski definition) is 1. The van der Waals surface area contributed by atoms with Gasteiger partial charge in [-0.2, -0.15) is 0 Å². The van der Waals surface area contributed by atoms with E-state index in [2.05, 4.69) is 10.2 Å². The summed E-state index contributed by atoms with van der Waals surface area (Å²) < 4.78 is 33.3. The summed E-state index contributed by atoms with van der Waals surface area (Å²) in [6.07, 6.45) is 2.66. The van der Waals surface area contributed by atoms with Crippen molar-refractivity contribution in [2.24, 2.45) is 0 Å². The Labute approximate surface area is 156 Å². The van der Waals surface area contributed by atoms with Crippen LogP contribution >= 0.6 is 0 Å². The van der Waals surface area contributed by atoms with Gasteiger partial charge in [0.15, 0.2) is 0 Å². The highest BCUT2D eigenvalue weighted by Crippen LogP contribution is 2.26. The van der Waals surface area contributed by atoms with E-state index in [0.717, 1.165) is 25.8 Å². The largest absolute Gasteiger partial charge is 0.444 e. The lowest BCUT2D eigenvalue weighted by Gasteiger charge is -2.50. The standard InChI is InChI=1S/C17H32N4O4S/c1-17(2,3)25-16(22)19-12-14(13-19)21-10-7-18-11-15(21)26(23,24)20-8-5-4-6-9-20/h14-15,18H,4-13H2,1-3H3. The summed E-state index contributed by atoms with van der Waals surface area (Å²) in [4.78, 5) is 15.9. The van der Waals surface area contributed by atoms with Crippen LogP contribution in [0.25, 0.3) is 0 Å². The van der Waals surface area contributed by atoms with Crippen LogP contribution in [0.1, 0.15) is 40.0 Å². The summed E-state index contributed by atoms with van der Waals surface area (Å²) in [5, 5.41) is 2.68. The Hall–Kier alpha value is -0.900. The number of carbonyl (C=O) groups is 1. The summed E-state index contributed by atoms with van der Waals surface area (Å²) in [6.45, 7) is 9.75. The number of rotatable bonds is 3. The third-order valence-corrected chi connectivity index (χ3v) is 7.45. The molecule has 0 radical (unpaired) electrons. The molecule has 3 heterocycles. The zero-order valence-corrected chi connectivity index (χ0v) is 16.9. The zero-order valence-electron chi connectivity index (χ0n) is 16.1. The van der Waals surface area contributed by atoms with Gasteiger partial charge in [-0.05, 0) is 33.6 Å². The molecule has 0 aromatic carbocycles. The second-order valence-corrected chi connectivity index (χ2v) is 10.5. The van der Waals surface area contributed by atoms with Crippen LogP contribution in [0.4, 0.5) is 4.79 Å². The summed E-state index contributed by atoms with van der Waals surface area (Å²) >= 11 is 0. The first-order valence-electron chi connectivity index (χ1n) is 9.62. The Bertz CT molecular complexity index is 607. The molecule has 0 bridgehead atoms. The van der Waals surface area contributed by atoms with E-state index in [1.807, 2.05) is 20.8 Å². The van der Waals surface area contributed by atoms with E-state index in [1.165, 1.54) is 0 Å². The van der Waals surface area contributed by atoms with Gasteiger partial charge in [0.05, 0.1) is 0 Å². The third-order valence-electron chi connectivity index (χ3n) is 5.24. The molecule has 0 aromatic heterocycles. The summed E-state index contributed by atoms with van der Waals surface area (Å²) in [7, 11) is -3.36. The van der Waals surface area contributed by atoms with E-state index in [-0.39, 0.29) is 12.1 Å². The van der Waals surface area contributed by atoms with E-state index in [9.17, 15) is 13.2 Å². The number of likely N-dealkylation sites (tertiary alicyclic amines) is 1. The Morgan fingerprint density at radius 1 is 1.08 bits per heavy atom. The van der Waals surface area contributed by atoms with Gasteiger partial charge in [-0.3, -0.25) is 4.90 Å². The van der Waals surface area contributed by atoms with Crippen molar-refractivity contribution in [3.8, 4) is 0 Å². The van der Waals surface area contributed by atoms with E-state index < -0.39 is 21.0 Å². The van der Waals surface area contributed by atoms with Crippen molar-refractivity contribution in [1.29, 1.82) is 0 Å². The van der Waals surface area contributed by atoms with Gasteiger partial charge in [0.2, 0.25) is 10.0 Å². The summed E-state index contributed by atoms with van der Waals surface area (Å²) in [6, 6.07) is 0.0779. The molecular weight excluding hydrogens is 356 g/mol. The maximum Gasteiger partial charge on any atom is 0.410 e. The van der Waals surface area contributed by atoms with E-state index in [1.54, 1.807) is 9.21 Å². The second kappa shape index (κ2) is 7.61. The zero-order chi connectivity index (χ0) is 18.9. The molecule has 3 aliphatic heterocycles. The lowest BCUT2D eigenvalue weighted by Crippen LogP contribution is -2.69. The van der Waals surface area contributed by atoms with E-state index in [4.69, 9.17) is 4.74 Å². The second-order valence-electron chi connectivity index (χ2n) is 8.44. The van der Waals surface area contributed by atoms with E-state index in [0.29, 0.717) is 39.3 Å². The number of ether oxygens (including phenoxy) is 1. The SMILES string of the molecule is CC(C)(C)OC(=O)N1CC(N2CCNCC2S(=O)(=O)N2CCCCC2)C1. The molecule has 0 aliphatic carbocycles. The Balaban J connectivity index is 1.63. The molecular formula is C17H32N4O4S. The van der Waals surface area contributed by atoms with Crippen molar-refractivity contribution in [1.82, 2.24) is 19.4 Å². The first kappa shape index (κ1) is 19.9. The molecule has 0 spiro atoms. The van der Waals surface area contributed by atoms with Crippen molar-refractivity contribution in [3.05, 3.63) is 0 Å². The van der Waals surface area contributed by atoms with Crippen LogP contribution < -0.4 is 5.32 Å². The highest BCUT2D eigenvalue weighted by atomic mass is 32.2. The molecule has 1 N–H and O–H groups in total. The number of carbonyl (C=O) groups excluding carboxylic acids is 1. The molecule has 1 atom stereocenters. The quantitative estimate of drug-likeness (QED) is 0.765. The lowest BCUT2D eigenvalue weighted by atomic mass is 10.1. The highest BCUT2D eigenvalue weighted by molar-refractivity contribution is 7.89. The highest BCUT2D eigenvalue weighted by Gasteiger charge is 2.45. The molecule has 3 aliphatic rings. The van der Waals surface area contributed by atoms with Crippen LogP contribution in [0, 0.1) is 0 Å². The maximum absolute atomic E-state index is 13.1. The molecule has 9 heteroatoms. The Morgan fingerprint density at radius 3 is 2.35 bits per heavy atom. The minimum Gasteiger partial charge on any atom is -0.444 e. The number of piperazine rings is 1.